The van der Waals surface area contributed by atoms with E-state index in [4.69, 9.17) is 10.1 Å². The molecule has 0 amide bonds. The summed E-state index contributed by atoms with van der Waals surface area (Å²) in [6.45, 7) is 11.6. The Hall–Kier alpha value is -2.45. The molecule has 4 heterocycles. The van der Waals surface area contributed by atoms with E-state index in [-0.39, 0.29) is 5.54 Å². The van der Waals surface area contributed by atoms with Gasteiger partial charge in [-0.3, -0.25) is 9.36 Å². The summed E-state index contributed by atoms with van der Waals surface area (Å²) < 4.78 is 4.25. The van der Waals surface area contributed by atoms with Gasteiger partial charge in [0, 0.05) is 62.1 Å². The van der Waals surface area contributed by atoms with Crippen LogP contribution in [0.4, 0.5) is 5.69 Å². The van der Waals surface area contributed by atoms with Crippen molar-refractivity contribution in [3.63, 3.8) is 0 Å². The van der Waals surface area contributed by atoms with Crippen LogP contribution in [0, 0.1) is 19.3 Å². The summed E-state index contributed by atoms with van der Waals surface area (Å²) >= 11 is 0. The van der Waals surface area contributed by atoms with Gasteiger partial charge in [-0.15, -0.1) is 0 Å². The Bertz CT molecular complexity index is 1270. The van der Waals surface area contributed by atoms with Crippen molar-refractivity contribution < 1.29 is 5.11 Å². The van der Waals surface area contributed by atoms with Crippen LogP contribution in [0.5, 0.6) is 0 Å². The molecule has 3 aromatic rings. The first-order valence-electron chi connectivity index (χ1n) is 13.6. The van der Waals surface area contributed by atoms with Crippen LogP contribution >= 0.6 is 0 Å². The van der Waals surface area contributed by atoms with Crippen molar-refractivity contribution in [2.75, 3.05) is 18.0 Å². The number of aliphatic hydroxyl groups is 1. The summed E-state index contributed by atoms with van der Waals surface area (Å²) in [5, 5.41) is 24.7. The first-order chi connectivity index (χ1) is 17.1. The fraction of sp³-hybridized carbons (Fsp3) is 0.679. The topological polar surface area (TPSA) is 84.0 Å². The number of pyridine rings is 1. The summed E-state index contributed by atoms with van der Waals surface area (Å²) in [5.41, 5.74) is 7.16. The van der Waals surface area contributed by atoms with Crippen LogP contribution in [0.15, 0.2) is 12.3 Å². The molecule has 3 aromatic heterocycles. The molecule has 0 aromatic carbocycles. The van der Waals surface area contributed by atoms with Gasteiger partial charge in [-0.05, 0) is 77.7 Å². The number of aromatic nitrogens is 5. The maximum Gasteiger partial charge on any atom is 0.159 e. The smallest absolute Gasteiger partial charge is 0.159 e. The number of aryl methyl sites for hydroxylation is 3. The number of fused-ring (bicyclic) bond motifs is 5. The Labute approximate surface area is 214 Å². The van der Waals surface area contributed by atoms with E-state index < -0.39 is 5.60 Å². The van der Waals surface area contributed by atoms with Crippen molar-refractivity contribution in [3.05, 3.63) is 34.9 Å². The molecule has 194 valence electrons. The highest BCUT2D eigenvalue weighted by Crippen LogP contribution is 2.53. The fourth-order valence-corrected chi connectivity index (χ4v) is 6.97. The van der Waals surface area contributed by atoms with Crippen molar-refractivity contribution in [1.82, 2.24) is 29.9 Å². The van der Waals surface area contributed by atoms with Crippen molar-refractivity contribution in [2.24, 2.45) is 12.5 Å². The van der Waals surface area contributed by atoms with Gasteiger partial charge < -0.3 is 15.3 Å². The van der Waals surface area contributed by atoms with Gasteiger partial charge in [0.15, 0.2) is 5.65 Å². The number of nitrogens with zero attached hydrogens (tertiary/aromatic N) is 6. The van der Waals surface area contributed by atoms with Crippen LogP contribution < -0.4 is 10.2 Å². The molecule has 3 fully saturated rings. The summed E-state index contributed by atoms with van der Waals surface area (Å²) in [7, 11) is 1.96. The minimum absolute atomic E-state index is 0.224. The number of nitrogens with one attached hydrogen (secondary N) is 1. The van der Waals surface area contributed by atoms with Crippen LogP contribution in [0.3, 0.4) is 0 Å². The zero-order chi connectivity index (χ0) is 25.3. The number of rotatable bonds is 6. The summed E-state index contributed by atoms with van der Waals surface area (Å²) in [6, 6.07) is 2.20. The van der Waals surface area contributed by atoms with Gasteiger partial charge in [0.05, 0.1) is 28.6 Å². The van der Waals surface area contributed by atoms with Gasteiger partial charge in [-0.2, -0.15) is 10.2 Å². The zero-order valence-corrected chi connectivity index (χ0v) is 22.6. The highest BCUT2D eigenvalue weighted by atomic mass is 16.3. The highest BCUT2D eigenvalue weighted by molar-refractivity contribution is 5.89. The predicted molar refractivity (Wildman–Crippen MR) is 142 cm³/mol. The Morgan fingerprint density at radius 2 is 1.83 bits per heavy atom. The van der Waals surface area contributed by atoms with Crippen molar-refractivity contribution in [1.29, 1.82) is 0 Å². The molecule has 8 heteroatoms. The molecule has 7 rings (SSSR count). The Balaban J connectivity index is 1.20. The molecule has 2 bridgehead atoms. The third kappa shape index (κ3) is 4.12. The normalized spacial score (nSPS) is 26.1. The minimum Gasteiger partial charge on any atom is -0.389 e. The second kappa shape index (κ2) is 8.28. The molecule has 0 radical (unpaired) electrons. The molecule has 3 aliphatic carbocycles. The third-order valence-corrected chi connectivity index (χ3v) is 9.27. The molecule has 3 saturated carbocycles. The molecule has 2 N–H and O–H groups in total. The molecule has 8 nitrogen and oxygen atoms in total. The van der Waals surface area contributed by atoms with Gasteiger partial charge in [-0.1, -0.05) is 0 Å². The maximum atomic E-state index is 10.2. The van der Waals surface area contributed by atoms with Crippen LogP contribution in [-0.4, -0.2) is 53.9 Å². The van der Waals surface area contributed by atoms with Crippen LogP contribution in [-0.2, 0) is 26.6 Å². The van der Waals surface area contributed by atoms with Crippen molar-refractivity contribution in [2.45, 2.75) is 96.9 Å². The van der Waals surface area contributed by atoms with Crippen LogP contribution in [0.1, 0.15) is 75.0 Å². The first kappa shape index (κ1) is 23.9. The van der Waals surface area contributed by atoms with Gasteiger partial charge >= 0.3 is 0 Å². The Kier molecular flexibility index (Phi) is 5.50. The lowest BCUT2D eigenvalue weighted by molar-refractivity contribution is -0.00789. The second-order valence-electron chi connectivity index (χ2n) is 12.6. The summed E-state index contributed by atoms with van der Waals surface area (Å²) in [6.07, 6.45) is 10.4. The maximum absolute atomic E-state index is 10.2. The molecule has 36 heavy (non-hydrogen) atoms. The number of hydrogen-bond donors (Lipinski definition) is 2. The monoisotopic (exact) mass is 491 g/mol. The van der Waals surface area contributed by atoms with E-state index in [9.17, 15) is 5.11 Å². The number of β-amino-alcohol motifs (C(OH)–C–C–N with tert-alkyl or cyclic N) is 1. The molecule has 0 atom stereocenters. The lowest BCUT2D eigenvalue weighted by atomic mass is 9.57. The summed E-state index contributed by atoms with van der Waals surface area (Å²) in [4.78, 5) is 7.20. The highest BCUT2D eigenvalue weighted by Gasteiger charge is 2.49. The van der Waals surface area contributed by atoms with E-state index in [1.54, 1.807) is 0 Å². The van der Waals surface area contributed by atoms with Crippen molar-refractivity contribution in [3.8, 4) is 0 Å². The predicted octanol–water partition coefficient (Wildman–Crippen LogP) is 3.80. The molecule has 4 aliphatic rings. The standard InChI is InChI=1S/C28H41N7O/c1-19-14-24(21-15-30-33(5)25(21)31-19)34-13-6-23-22(16-34)20(2)32-35(23)18-27-7-10-28(11-8-27,12-9-27)29-17-26(3,4)36/h14-15,29,36H,6-13,16-18H2,1-5H3. The van der Waals surface area contributed by atoms with E-state index in [1.165, 1.54) is 61.2 Å². The van der Waals surface area contributed by atoms with E-state index in [0.29, 0.717) is 12.0 Å². The summed E-state index contributed by atoms with van der Waals surface area (Å²) in [5.74, 6) is 0. The quantitative estimate of drug-likeness (QED) is 0.546. The number of hydrogen-bond acceptors (Lipinski definition) is 6. The van der Waals surface area contributed by atoms with E-state index >= 15 is 0 Å². The van der Waals surface area contributed by atoms with E-state index in [0.717, 1.165) is 42.8 Å². The van der Waals surface area contributed by atoms with Gasteiger partial charge in [-0.25, -0.2) is 4.98 Å². The van der Waals surface area contributed by atoms with Crippen molar-refractivity contribution >= 4 is 16.7 Å². The average Bonchev–Trinajstić information content (AvgIpc) is 3.37. The molecule has 0 spiro atoms. The minimum atomic E-state index is -0.655. The Morgan fingerprint density at radius 1 is 1.11 bits per heavy atom. The molecular weight excluding hydrogens is 450 g/mol. The molecule has 0 unspecified atom stereocenters. The lowest BCUT2D eigenvalue weighted by Gasteiger charge is -2.54. The lowest BCUT2D eigenvalue weighted by Crippen LogP contribution is -2.58. The Morgan fingerprint density at radius 3 is 2.53 bits per heavy atom. The molecule has 0 saturated heterocycles. The number of anilines is 1. The van der Waals surface area contributed by atoms with Gasteiger partial charge in [0.1, 0.15) is 0 Å². The van der Waals surface area contributed by atoms with Gasteiger partial charge in [0.25, 0.3) is 0 Å². The third-order valence-electron chi connectivity index (χ3n) is 9.27. The van der Waals surface area contributed by atoms with E-state index in [1.807, 2.05) is 31.8 Å². The zero-order valence-electron chi connectivity index (χ0n) is 22.6. The molecular formula is C28H41N7O. The molecule has 1 aliphatic heterocycles. The SMILES string of the molecule is Cc1cc(N2CCc3c(c(C)nn3CC34CCC(NCC(C)(C)O)(CC3)CC4)C2)c2cnn(C)c2n1. The van der Waals surface area contributed by atoms with Crippen LogP contribution in [0.2, 0.25) is 0 Å². The largest absolute Gasteiger partial charge is 0.389 e. The fourth-order valence-electron chi connectivity index (χ4n) is 6.97. The first-order valence-corrected chi connectivity index (χ1v) is 13.6. The van der Waals surface area contributed by atoms with Crippen LogP contribution in [0.25, 0.3) is 11.0 Å². The van der Waals surface area contributed by atoms with E-state index in [2.05, 4.69) is 39.9 Å². The second-order valence-corrected chi connectivity index (χ2v) is 12.6. The average molecular weight is 492 g/mol. The van der Waals surface area contributed by atoms with Gasteiger partial charge in [0.2, 0.25) is 0 Å².